The van der Waals surface area contributed by atoms with Crippen LogP contribution in [0.25, 0.3) is 27.1 Å². The van der Waals surface area contributed by atoms with Crippen molar-refractivity contribution in [3.63, 3.8) is 0 Å². The lowest BCUT2D eigenvalue weighted by molar-refractivity contribution is 1.11. The van der Waals surface area contributed by atoms with Gasteiger partial charge in [0.2, 0.25) is 0 Å². The number of pyridine rings is 2. The van der Waals surface area contributed by atoms with E-state index in [2.05, 4.69) is 24.3 Å². The van der Waals surface area contributed by atoms with Crippen molar-refractivity contribution in [3.8, 4) is 0 Å². The normalized spacial score (nSPS) is 11.4. The predicted octanol–water partition coefficient (Wildman–Crippen LogP) is 3.61. The lowest BCUT2D eigenvalue weighted by atomic mass is 10.0. The van der Waals surface area contributed by atoms with Gasteiger partial charge in [0, 0.05) is 17.6 Å². The summed E-state index contributed by atoms with van der Waals surface area (Å²) in [6.45, 7) is 0. The molecule has 90 valence electrons. The molecule has 0 aliphatic heterocycles. The molecule has 0 unspecified atom stereocenters. The van der Waals surface area contributed by atoms with E-state index in [0.29, 0.717) is 0 Å². The zero-order valence-corrected chi connectivity index (χ0v) is 10.2. The van der Waals surface area contributed by atoms with Crippen LogP contribution in [0.4, 0.5) is 0 Å². The van der Waals surface area contributed by atoms with Gasteiger partial charge < -0.3 is 0 Å². The summed E-state index contributed by atoms with van der Waals surface area (Å²) in [4.78, 5) is 11.8. The van der Waals surface area contributed by atoms with Gasteiger partial charge in [-0.3, -0.25) is 9.20 Å². The largest absolute Gasteiger partial charge is 0.284 e. The van der Waals surface area contributed by atoms with Crippen molar-refractivity contribution < 1.29 is 0 Å². The Morgan fingerprint density at radius 2 is 1.58 bits per heavy atom. The Morgan fingerprint density at radius 1 is 0.684 bits per heavy atom. The van der Waals surface area contributed by atoms with Crippen LogP contribution < -0.4 is 5.56 Å². The monoisotopic (exact) mass is 245 g/mol. The molecule has 2 nitrogen and oxygen atoms in total. The minimum absolute atomic E-state index is 0.00700. The van der Waals surface area contributed by atoms with Gasteiger partial charge >= 0.3 is 0 Å². The fourth-order valence-electron chi connectivity index (χ4n) is 2.72. The lowest BCUT2D eigenvalue weighted by Crippen LogP contribution is -2.10. The van der Waals surface area contributed by atoms with Gasteiger partial charge in [-0.1, -0.05) is 42.5 Å². The number of hydrogen-bond donors (Lipinski definition) is 0. The number of rotatable bonds is 0. The van der Waals surface area contributed by atoms with E-state index < -0.39 is 0 Å². The van der Waals surface area contributed by atoms with Crippen LogP contribution in [0.15, 0.2) is 71.7 Å². The number of hydrogen-bond acceptors (Lipinski definition) is 1. The Bertz CT molecular complexity index is 982. The minimum Gasteiger partial charge on any atom is -0.284 e. The second kappa shape index (κ2) is 3.69. The van der Waals surface area contributed by atoms with E-state index in [1.807, 2.05) is 36.5 Å². The molecule has 0 aliphatic rings. The zero-order chi connectivity index (χ0) is 12.8. The highest BCUT2D eigenvalue weighted by molar-refractivity contribution is 6.11. The van der Waals surface area contributed by atoms with Gasteiger partial charge in [0.25, 0.3) is 5.56 Å². The molecule has 2 aromatic carbocycles. The van der Waals surface area contributed by atoms with E-state index in [9.17, 15) is 4.79 Å². The van der Waals surface area contributed by atoms with E-state index in [0.717, 1.165) is 10.9 Å². The Kier molecular flexibility index (Phi) is 2.00. The predicted molar refractivity (Wildman–Crippen MR) is 78.7 cm³/mol. The highest BCUT2D eigenvalue weighted by atomic mass is 16.1. The van der Waals surface area contributed by atoms with Crippen molar-refractivity contribution in [2.45, 2.75) is 0 Å². The average molecular weight is 245 g/mol. The Labute approximate surface area is 109 Å². The van der Waals surface area contributed by atoms with E-state index in [1.165, 1.54) is 16.2 Å². The first-order valence-corrected chi connectivity index (χ1v) is 6.26. The maximum absolute atomic E-state index is 11.8. The molecule has 4 rings (SSSR count). The smallest absolute Gasteiger partial charge is 0.255 e. The standard InChI is InChI=1S/C17H11NO/c19-17-7-3-6-16-15-9-8-12-4-1-2-5-13(12)14(15)10-11-18(16)17/h1-11H. The third kappa shape index (κ3) is 1.40. The van der Waals surface area contributed by atoms with Crippen LogP contribution in [-0.4, -0.2) is 4.40 Å². The average Bonchev–Trinajstić information content (AvgIpc) is 2.47. The first-order valence-electron chi connectivity index (χ1n) is 6.26. The van der Waals surface area contributed by atoms with Gasteiger partial charge in [0.15, 0.2) is 0 Å². The van der Waals surface area contributed by atoms with E-state index in [4.69, 9.17) is 0 Å². The minimum atomic E-state index is 0.00700. The molecule has 4 aromatic rings. The van der Waals surface area contributed by atoms with Crippen LogP contribution in [-0.2, 0) is 0 Å². The summed E-state index contributed by atoms with van der Waals surface area (Å²) in [5, 5.41) is 4.74. The molecule has 2 aromatic heterocycles. The first kappa shape index (κ1) is 10.3. The Balaban J connectivity index is 2.33. The molecule has 2 heteroatoms. The highest BCUT2D eigenvalue weighted by Gasteiger charge is 2.04. The molecule has 0 N–H and O–H groups in total. The van der Waals surface area contributed by atoms with Crippen LogP contribution in [0, 0.1) is 0 Å². The summed E-state index contributed by atoms with van der Waals surface area (Å²) < 4.78 is 1.69. The molecule has 19 heavy (non-hydrogen) atoms. The number of benzene rings is 2. The molecule has 0 saturated heterocycles. The van der Waals surface area contributed by atoms with Crippen molar-refractivity contribution >= 4 is 27.1 Å². The van der Waals surface area contributed by atoms with Gasteiger partial charge in [-0.15, -0.1) is 0 Å². The SMILES string of the molecule is O=c1cccc2c3ccc4ccccc4c3ccn12. The molecule has 0 saturated carbocycles. The quantitative estimate of drug-likeness (QED) is 0.434. The van der Waals surface area contributed by atoms with Crippen LogP contribution in [0.2, 0.25) is 0 Å². The molecule has 0 aliphatic carbocycles. The summed E-state index contributed by atoms with van der Waals surface area (Å²) in [7, 11) is 0. The van der Waals surface area contributed by atoms with Gasteiger partial charge in [-0.05, 0) is 28.3 Å². The summed E-state index contributed by atoms with van der Waals surface area (Å²) >= 11 is 0. The molecular weight excluding hydrogens is 234 g/mol. The Morgan fingerprint density at radius 3 is 2.53 bits per heavy atom. The van der Waals surface area contributed by atoms with Crippen molar-refractivity contribution in [3.05, 3.63) is 77.2 Å². The summed E-state index contributed by atoms with van der Waals surface area (Å²) in [6.07, 6.45) is 1.85. The van der Waals surface area contributed by atoms with E-state index in [1.54, 1.807) is 10.5 Å². The van der Waals surface area contributed by atoms with Gasteiger partial charge in [0.1, 0.15) is 0 Å². The summed E-state index contributed by atoms with van der Waals surface area (Å²) in [5.74, 6) is 0. The van der Waals surface area contributed by atoms with Crippen molar-refractivity contribution in [2.75, 3.05) is 0 Å². The Hall–Kier alpha value is -2.61. The van der Waals surface area contributed by atoms with Gasteiger partial charge in [-0.2, -0.15) is 0 Å². The molecule has 0 amide bonds. The van der Waals surface area contributed by atoms with Crippen LogP contribution in [0.5, 0.6) is 0 Å². The summed E-state index contributed by atoms with van der Waals surface area (Å²) in [6, 6.07) is 19.9. The molecule has 2 heterocycles. The maximum atomic E-state index is 11.8. The fraction of sp³-hybridized carbons (Fsp3) is 0. The van der Waals surface area contributed by atoms with E-state index in [-0.39, 0.29) is 5.56 Å². The second-order valence-corrected chi connectivity index (χ2v) is 4.68. The first-order chi connectivity index (χ1) is 9.34. The van der Waals surface area contributed by atoms with Crippen molar-refractivity contribution in [2.24, 2.45) is 0 Å². The molecule has 0 fully saturated rings. The molecular formula is C17H11NO. The third-order valence-electron chi connectivity index (χ3n) is 3.63. The molecule has 0 atom stereocenters. The zero-order valence-electron chi connectivity index (χ0n) is 10.2. The molecule has 0 radical (unpaired) electrons. The second-order valence-electron chi connectivity index (χ2n) is 4.68. The number of nitrogens with zero attached hydrogens (tertiary/aromatic N) is 1. The van der Waals surface area contributed by atoms with Crippen molar-refractivity contribution in [1.29, 1.82) is 0 Å². The van der Waals surface area contributed by atoms with Crippen LogP contribution in [0.1, 0.15) is 0 Å². The molecule has 0 bridgehead atoms. The van der Waals surface area contributed by atoms with Crippen LogP contribution >= 0.6 is 0 Å². The van der Waals surface area contributed by atoms with Gasteiger partial charge in [0.05, 0.1) is 5.52 Å². The fourth-order valence-corrected chi connectivity index (χ4v) is 2.72. The van der Waals surface area contributed by atoms with Crippen molar-refractivity contribution in [1.82, 2.24) is 4.40 Å². The number of aromatic nitrogens is 1. The maximum Gasteiger partial charge on any atom is 0.255 e. The molecule has 0 spiro atoms. The summed E-state index contributed by atoms with van der Waals surface area (Å²) in [5.41, 5.74) is 0.961. The number of fused-ring (bicyclic) bond motifs is 5. The topological polar surface area (TPSA) is 21.5 Å². The van der Waals surface area contributed by atoms with E-state index >= 15 is 0 Å². The lowest BCUT2D eigenvalue weighted by Gasteiger charge is -2.07. The van der Waals surface area contributed by atoms with Crippen LogP contribution in [0.3, 0.4) is 0 Å². The highest BCUT2D eigenvalue weighted by Crippen LogP contribution is 2.27. The third-order valence-corrected chi connectivity index (χ3v) is 3.63. The van der Waals surface area contributed by atoms with Gasteiger partial charge in [-0.25, -0.2) is 0 Å².